The third-order valence-corrected chi connectivity index (χ3v) is 4.74. The van der Waals surface area contributed by atoms with Gasteiger partial charge in [-0.1, -0.05) is 23.7 Å². The number of nitrogens with one attached hydrogen (secondary N) is 1. The van der Waals surface area contributed by atoms with Crippen LogP contribution in [-0.2, 0) is 12.6 Å². The summed E-state index contributed by atoms with van der Waals surface area (Å²) in [6, 6.07) is 11.0. The molecule has 0 saturated carbocycles. The fourth-order valence-corrected chi connectivity index (χ4v) is 3.24. The number of ether oxygens (including phenoxy) is 2. The zero-order valence-electron chi connectivity index (χ0n) is 16.7. The van der Waals surface area contributed by atoms with Crippen LogP contribution in [0.25, 0.3) is 5.69 Å². The maximum atomic E-state index is 13.7. The lowest BCUT2D eigenvalue weighted by atomic mass is 10.1. The van der Waals surface area contributed by atoms with Crippen molar-refractivity contribution in [3.05, 3.63) is 70.5 Å². The molecule has 0 spiro atoms. The molecule has 0 radical (unpaired) electrons. The van der Waals surface area contributed by atoms with Crippen molar-refractivity contribution in [3.63, 3.8) is 0 Å². The molecule has 0 bridgehead atoms. The van der Waals surface area contributed by atoms with Gasteiger partial charge in [-0.05, 0) is 36.2 Å². The van der Waals surface area contributed by atoms with E-state index in [1.165, 1.54) is 38.5 Å². The van der Waals surface area contributed by atoms with Crippen LogP contribution in [0.5, 0.6) is 11.5 Å². The van der Waals surface area contributed by atoms with Gasteiger partial charge in [0.25, 0.3) is 5.91 Å². The van der Waals surface area contributed by atoms with E-state index < -0.39 is 23.3 Å². The second kappa shape index (κ2) is 9.30. The van der Waals surface area contributed by atoms with Gasteiger partial charge in [0.2, 0.25) is 0 Å². The number of methoxy groups -OCH3 is 2. The monoisotopic (exact) mass is 453 g/mol. The van der Waals surface area contributed by atoms with Gasteiger partial charge in [-0.3, -0.25) is 4.79 Å². The van der Waals surface area contributed by atoms with Crippen LogP contribution < -0.4 is 14.8 Å². The first kappa shape index (κ1) is 22.5. The summed E-state index contributed by atoms with van der Waals surface area (Å²) in [7, 11) is 3.02. The van der Waals surface area contributed by atoms with Gasteiger partial charge in [0.05, 0.1) is 31.7 Å². The summed E-state index contributed by atoms with van der Waals surface area (Å²) in [6.45, 7) is 0.0984. The van der Waals surface area contributed by atoms with E-state index in [1.54, 1.807) is 18.2 Å². The highest BCUT2D eigenvalue weighted by Crippen LogP contribution is 2.34. The molecular weight excluding hydrogens is 435 g/mol. The molecule has 2 aromatic carbocycles. The predicted molar refractivity (Wildman–Crippen MR) is 109 cm³/mol. The number of hydrogen-bond acceptors (Lipinski definition) is 4. The molecule has 3 rings (SSSR count). The number of carbonyl (C=O) groups excluding carboxylic acids is 1. The van der Waals surface area contributed by atoms with Gasteiger partial charge in [0, 0.05) is 17.6 Å². The second-order valence-electron chi connectivity index (χ2n) is 6.48. The Kier molecular flexibility index (Phi) is 6.74. The highest BCUT2D eigenvalue weighted by molar-refractivity contribution is 6.30. The van der Waals surface area contributed by atoms with Crippen molar-refractivity contribution in [1.29, 1.82) is 0 Å². The number of alkyl halides is 3. The Bertz CT molecular complexity index is 1080. The summed E-state index contributed by atoms with van der Waals surface area (Å²) in [6.07, 6.45) is -3.56. The standard InChI is InChI=1S/C21H19ClF3N3O3/c1-30-16-7-6-13(18(11-16)31-2)8-9-26-20(29)17-12-27-28(19(17)21(23,24)25)15-5-3-4-14(22)10-15/h3-7,10-12H,8-9H2,1-2H3,(H,26,29). The van der Waals surface area contributed by atoms with Gasteiger partial charge in [0.15, 0.2) is 5.69 Å². The molecule has 3 aromatic rings. The van der Waals surface area contributed by atoms with Crippen LogP contribution >= 0.6 is 11.6 Å². The molecule has 0 atom stereocenters. The average Bonchev–Trinajstić information content (AvgIpc) is 3.20. The quantitative estimate of drug-likeness (QED) is 0.570. The van der Waals surface area contributed by atoms with E-state index in [1.807, 2.05) is 0 Å². The van der Waals surface area contributed by atoms with Crippen molar-refractivity contribution in [2.24, 2.45) is 0 Å². The van der Waals surface area contributed by atoms with Crippen molar-refractivity contribution in [2.75, 3.05) is 20.8 Å². The van der Waals surface area contributed by atoms with Crippen molar-refractivity contribution < 1.29 is 27.4 Å². The third-order valence-electron chi connectivity index (χ3n) is 4.51. The van der Waals surface area contributed by atoms with Gasteiger partial charge >= 0.3 is 6.18 Å². The molecule has 1 heterocycles. The number of halogens is 4. The predicted octanol–water partition coefficient (Wildman–Crippen LogP) is 4.53. The Morgan fingerprint density at radius 3 is 2.58 bits per heavy atom. The van der Waals surface area contributed by atoms with Crippen LogP contribution in [0, 0.1) is 0 Å². The Morgan fingerprint density at radius 2 is 1.94 bits per heavy atom. The minimum atomic E-state index is -4.80. The summed E-state index contributed by atoms with van der Waals surface area (Å²) in [4.78, 5) is 12.5. The number of rotatable bonds is 7. The van der Waals surface area contributed by atoms with Crippen LogP contribution in [0.4, 0.5) is 13.2 Å². The molecule has 0 aliphatic carbocycles. The fraction of sp³-hybridized carbons (Fsp3) is 0.238. The summed E-state index contributed by atoms with van der Waals surface area (Å²) in [5.74, 6) is 0.277. The number of aromatic nitrogens is 2. The van der Waals surface area contributed by atoms with Crippen LogP contribution in [-0.4, -0.2) is 36.5 Å². The van der Waals surface area contributed by atoms with E-state index in [4.69, 9.17) is 21.1 Å². The molecule has 1 N–H and O–H groups in total. The van der Waals surface area contributed by atoms with E-state index in [0.717, 1.165) is 11.8 Å². The van der Waals surface area contributed by atoms with Crippen LogP contribution in [0.1, 0.15) is 21.6 Å². The van der Waals surface area contributed by atoms with Crippen LogP contribution in [0.3, 0.4) is 0 Å². The number of carbonyl (C=O) groups is 1. The maximum Gasteiger partial charge on any atom is 0.434 e. The van der Waals surface area contributed by atoms with Gasteiger partial charge in [-0.15, -0.1) is 0 Å². The van der Waals surface area contributed by atoms with Crippen molar-refractivity contribution >= 4 is 17.5 Å². The van der Waals surface area contributed by atoms with E-state index in [0.29, 0.717) is 22.6 Å². The molecule has 164 valence electrons. The molecular formula is C21H19ClF3N3O3. The topological polar surface area (TPSA) is 65.4 Å². The van der Waals surface area contributed by atoms with Gasteiger partial charge in [-0.2, -0.15) is 18.3 Å². The summed E-state index contributed by atoms with van der Waals surface area (Å²) in [5, 5.41) is 6.53. The average molecular weight is 454 g/mol. The van der Waals surface area contributed by atoms with Gasteiger partial charge in [0.1, 0.15) is 11.5 Å². The number of nitrogens with zero attached hydrogens (tertiary/aromatic N) is 2. The Labute approximate surface area is 181 Å². The molecule has 0 fully saturated rings. The van der Waals surface area contributed by atoms with Crippen molar-refractivity contribution in [2.45, 2.75) is 12.6 Å². The maximum absolute atomic E-state index is 13.7. The highest BCUT2D eigenvalue weighted by atomic mass is 35.5. The minimum Gasteiger partial charge on any atom is -0.497 e. The zero-order valence-corrected chi connectivity index (χ0v) is 17.4. The van der Waals surface area contributed by atoms with E-state index in [-0.39, 0.29) is 17.3 Å². The normalized spacial score (nSPS) is 11.3. The molecule has 0 aliphatic heterocycles. The summed E-state index contributed by atoms with van der Waals surface area (Å²) >= 11 is 5.88. The molecule has 0 aliphatic rings. The summed E-state index contributed by atoms with van der Waals surface area (Å²) in [5.41, 5.74) is -0.875. The smallest absolute Gasteiger partial charge is 0.434 e. The number of hydrogen-bond donors (Lipinski definition) is 1. The first-order chi connectivity index (χ1) is 14.7. The molecule has 0 saturated heterocycles. The molecule has 10 heteroatoms. The first-order valence-corrected chi connectivity index (χ1v) is 9.52. The zero-order chi connectivity index (χ0) is 22.6. The van der Waals surface area contributed by atoms with E-state index >= 15 is 0 Å². The first-order valence-electron chi connectivity index (χ1n) is 9.15. The SMILES string of the molecule is COc1ccc(CCNC(=O)c2cnn(-c3cccc(Cl)c3)c2C(F)(F)F)c(OC)c1. The summed E-state index contributed by atoms with van der Waals surface area (Å²) < 4.78 is 52.3. The lowest BCUT2D eigenvalue weighted by Gasteiger charge is -2.13. The molecule has 31 heavy (non-hydrogen) atoms. The second-order valence-corrected chi connectivity index (χ2v) is 6.92. The van der Waals surface area contributed by atoms with Crippen LogP contribution in [0.2, 0.25) is 5.02 Å². The largest absolute Gasteiger partial charge is 0.497 e. The number of benzene rings is 2. The van der Waals surface area contributed by atoms with Gasteiger partial charge < -0.3 is 14.8 Å². The van der Waals surface area contributed by atoms with E-state index in [9.17, 15) is 18.0 Å². The lowest BCUT2D eigenvalue weighted by Crippen LogP contribution is -2.28. The van der Waals surface area contributed by atoms with Gasteiger partial charge in [-0.25, -0.2) is 4.68 Å². The fourth-order valence-electron chi connectivity index (χ4n) is 3.06. The lowest BCUT2D eigenvalue weighted by molar-refractivity contribution is -0.143. The van der Waals surface area contributed by atoms with Crippen molar-refractivity contribution in [1.82, 2.24) is 15.1 Å². The Morgan fingerprint density at radius 1 is 1.16 bits per heavy atom. The Balaban J connectivity index is 1.79. The highest BCUT2D eigenvalue weighted by Gasteiger charge is 2.40. The Hall–Kier alpha value is -3.20. The third kappa shape index (κ3) is 5.11. The molecule has 1 aromatic heterocycles. The molecule has 0 unspecified atom stereocenters. The molecule has 1 amide bonds. The molecule has 6 nitrogen and oxygen atoms in total. The van der Waals surface area contributed by atoms with Crippen LogP contribution in [0.15, 0.2) is 48.7 Å². The minimum absolute atomic E-state index is 0.0984. The number of amides is 1. The van der Waals surface area contributed by atoms with E-state index in [2.05, 4.69) is 10.4 Å². The van der Waals surface area contributed by atoms with Crippen molar-refractivity contribution in [3.8, 4) is 17.2 Å².